The zero-order chi connectivity index (χ0) is 15.8. The predicted molar refractivity (Wildman–Crippen MR) is 90.7 cm³/mol. The molecule has 120 valence electrons. The normalized spacial score (nSPS) is 13.2. The van der Waals surface area contributed by atoms with E-state index in [0.717, 1.165) is 18.8 Å². The zero-order valence-corrected chi connectivity index (χ0v) is 14.3. The lowest BCUT2D eigenvalue weighted by Gasteiger charge is -2.34. The van der Waals surface area contributed by atoms with E-state index in [1.54, 1.807) is 0 Å². The van der Waals surface area contributed by atoms with E-state index in [4.69, 9.17) is 10.5 Å². The predicted octanol–water partition coefficient (Wildman–Crippen LogP) is 3.70. The first kappa shape index (κ1) is 18.0. The highest BCUT2D eigenvalue weighted by molar-refractivity contribution is 5.36. The quantitative estimate of drug-likeness (QED) is 0.754. The highest BCUT2D eigenvalue weighted by atomic mass is 16.5. The van der Waals surface area contributed by atoms with Crippen molar-refractivity contribution < 1.29 is 4.74 Å². The van der Waals surface area contributed by atoms with Gasteiger partial charge in [-0.25, -0.2) is 0 Å². The molecule has 3 nitrogen and oxygen atoms in total. The summed E-state index contributed by atoms with van der Waals surface area (Å²) < 4.78 is 5.80. The average Bonchev–Trinajstić information content (AvgIpc) is 2.40. The van der Waals surface area contributed by atoms with Crippen LogP contribution in [-0.4, -0.2) is 31.1 Å². The van der Waals surface area contributed by atoms with Crippen molar-refractivity contribution in [2.24, 2.45) is 17.6 Å². The van der Waals surface area contributed by atoms with Crippen LogP contribution >= 0.6 is 0 Å². The van der Waals surface area contributed by atoms with Crippen LogP contribution in [-0.2, 0) is 0 Å². The van der Waals surface area contributed by atoms with E-state index in [-0.39, 0.29) is 6.04 Å². The van der Waals surface area contributed by atoms with Gasteiger partial charge < -0.3 is 10.5 Å². The Kier molecular flexibility index (Phi) is 7.76. The third kappa shape index (κ3) is 5.68. The molecule has 0 spiro atoms. The number of hydrogen-bond donors (Lipinski definition) is 1. The van der Waals surface area contributed by atoms with Gasteiger partial charge in [-0.15, -0.1) is 0 Å². The Labute approximate surface area is 130 Å². The molecule has 1 atom stereocenters. The fourth-order valence-electron chi connectivity index (χ4n) is 2.78. The lowest BCUT2D eigenvalue weighted by Crippen LogP contribution is -2.38. The molecule has 0 heterocycles. The van der Waals surface area contributed by atoms with Crippen molar-refractivity contribution in [1.82, 2.24) is 4.90 Å². The van der Waals surface area contributed by atoms with Gasteiger partial charge in [-0.05, 0) is 24.8 Å². The fourth-order valence-corrected chi connectivity index (χ4v) is 2.78. The van der Waals surface area contributed by atoms with E-state index in [2.05, 4.69) is 44.7 Å². The molecule has 1 unspecified atom stereocenters. The average molecular weight is 292 g/mol. The Morgan fingerprint density at radius 1 is 1.05 bits per heavy atom. The maximum absolute atomic E-state index is 6.12. The second-order valence-corrected chi connectivity index (χ2v) is 6.46. The number of ether oxygens (including phenoxy) is 1. The first-order chi connectivity index (χ1) is 9.99. The molecule has 0 fully saturated rings. The molecule has 1 rings (SSSR count). The Balaban J connectivity index is 3.06. The summed E-state index contributed by atoms with van der Waals surface area (Å²) in [5.74, 6) is 2.21. The highest BCUT2D eigenvalue weighted by Crippen LogP contribution is 2.30. The molecule has 0 aliphatic rings. The fraction of sp³-hybridized carbons (Fsp3) is 0.667. The summed E-state index contributed by atoms with van der Waals surface area (Å²) in [6.07, 6.45) is 0. The Bertz CT molecular complexity index is 394. The summed E-state index contributed by atoms with van der Waals surface area (Å²) in [6, 6.07) is 8.51. The summed E-state index contributed by atoms with van der Waals surface area (Å²) >= 11 is 0. The third-order valence-electron chi connectivity index (χ3n) is 3.44. The van der Waals surface area contributed by atoms with Crippen LogP contribution in [0.25, 0.3) is 0 Å². The second-order valence-electron chi connectivity index (χ2n) is 6.46. The Morgan fingerprint density at radius 2 is 1.62 bits per heavy atom. The first-order valence-electron chi connectivity index (χ1n) is 8.15. The third-order valence-corrected chi connectivity index (χ3v) is 3.44. The number of nitrogens with two attached hydrogens (primary N) is 1. The van der Waals surface area contributed by atoms with Crippen LogP contribution in [0.4, 0.5) is 0 Å². The van der Waals surface area contributed by atoms with Gasteiger partial charge in [0.2, 0.25) is 0 Å². The van der Waals surface area contributed by atoms with Gasteiger partial charge in [0.05, 0.1) is 12.6 Å². The van der Waals surface area contributed by atoms with Gasteiger partial charge in [-0.3, -0.25) is 4.90 Å². The molecule has 0 amide bonds. The van der Waals surface area contributed by atoms with Crippen LogP contribution in [0.1, 0.15) is 46.2 Å². The van der Waals surface area contributed by atoms with Crippen molar-refractivity contribution in [1.29, 1.82) is 0 Å². The number of para-hydroxylation sites is 1. The van der Waals surface area contributed by atoms with E-state index < -0.39 is 0 Å². The second kappa shape index (κ2) is 9.06. The SMILES string of the molecule is CCOc1ccccc1C(CN)N(CC(C)C)CC(C)C. The maximum Gasteiger partial charge on any atom is 0.124 e. The summed E-state index contributed by atoms with van der Waals surface area (Å²) in [6.45, 7) is 14.5. The van der Waals surface area contributed by atoms with Crippen molar-refractivity contribution in [2.45, 2.75) is 40.7 Å². The van der Waals surface area contributed by atoms with Gasteiger partial charge in [0.1, 0.15) is 5.75 Å². The van der Waals surface area contributed by atoms with Gasteiger partial charge in [0, 0.05) is 25.2 Å². The van der Waals surface area contributed by atoms with Crippen LogP contribution in [0.3, 0.4) is 0 Å². The summed E-state index contributed by atoms with van der Waals surface area (Å²) in [4.78, 5) is 2.51. The van der Waals surface area contributed by atoms with Crippen LogP contribution in [0, 0.1) is 11.8 Å². The van der Waals surface area contributed by atoms with E-state index in [1.807, 2.05) is 19.1 Å². The standard InChI is InChI=1S/C18H32N2O/c1-6-21-18-10-8-7-9-16(18)17(11-19)20(12-14(2)3)13-15(4)5/h7-10,14-15,17H,6,11-13,19H2,1-5H3. The van der Waals surface area contributed by atoms with Crippen molar-refractivity contribution in [3.05, 3.63) is 29.8 Å². The van der Waals surface area contributed by atoms with Crippen LogP contribution in [0.15, 0.2) is 24.3 Å². The summed E-state index contributed by atoms with van der Waals surface area (Å²) in [7, 11) is 0. The number of benzene rings is 1. The summed E-state index contributed by atoms with van der Waals surface area (Å²) in [5.41, 5.74) is 7.34. The van der Waals surface area contributed by atoms with Crippen LogP contribution < -0.4 is 10.5 Å². The maximum atomic E-state index is 6.12. The van der Waals surface area contributed by atoms with Crippen molar-refractivity contribution in [3.63, 3.8) is 0 Å². The minimum atomic E-state index is 0.220. The monoisotopic (exact) mass is 292 g/mol. The summed E-state index contributed by atoms with van der Waals surface area (Å²) in [5, 5.41) is 0. The topological polar surface area (TPSA) is 38.5 Å². The molecule has 3 heteroatoms. The Morgan fingerprint density at radius 3 is 2.10 bits per heavy atom. The molecule has 0 bridgehead atoms. The van der Waals surface area contributed by atoms with Crippen molar-refractivity contribution in [2.75, 3.05) is 26.2 Å². The lowest BCUT2D eigenvalue weighted by atomic mass is 10.0. The van der Waals surface area contributed by atoms with E-state index >= 15 is 0 Å². The molecular formula is C18H32N2O. The molecule has 21 heavy (non-hydrogen) atoms. The smallest absolute Gasteiger partial charge is 0.124 e. The Hall–Kier alpha value is -1.06. The molecule has 0 saturated heterocycles. The molecule has 0 aliphatic carbocycles. The van der Waals surface area contributed by atoms with E-state index in [9.17, 15) is 0 Å². The molecule has 0 aromatic heterocycles. The van der Waals surface area contributed by atoms with Crippen LogP contribution in [0.2, 0.25) is 0 Å². The molecule has 0 aliphatic heterocycles. The highest BCUT2D eigenvalue weighted by Gasteiger charge is 2.23. The minimum Gasteiger partial charge on any atom is -0.494 e. The largest absolute Gasteiger partial charge is 0.494 e. The number of hydrogen-bond acceptors (Lipinski definition) is 3. The lowest BCUT2D eigenvalue weighted by molar-refractivity contribution is 0.157. The number of rotatable bonds is 9. The molecule has 0 radical (unpaired) electrons. The zero-order valence-electron chi connectivity index (χ0n) is 14.3. The van der Waals surface area contributed by atoms with Gasteiger partial charge in [0.25, 0.3) is 0 Å². The van der Waals surface area contributed by atoms with Crippen molar-refractivity contribution >= 4 is 0 Å². The van der Waals surface area contributed by atoms with Gasteiger partial charge in [-0.2, -0.15) is 0 Å². The molecule has 0 saturated carbocycles. The molecular weight excluding hydrogens is 260 g/mol. The molecule has 2 N–H and O–H groups in total. The molecule has 1 aromatic carbocycles. The minimum absolute atomic E-state index is 0.220. The van der Waals surface area contributed by atoms with Gasteiger partial charge >= 0.3 is 0 Å². The molecule has 1 aromatic rings. The van der Waals surface area contributed by atoms with Gasteiger partial charge in [-0.1, -0.05) is 45.9 Å². The van der Waals surface area contributed by atoms with Crippen LogP contribution in [0.5, 0.6) is 5.75 Å². The van der Waals surface area contributed by atoms with Crippen molar-refractivity contribution in [3.8, 4) is 5.75 Å². The van der Waals surface area contributed by atoms with Gasteiger partial charge in [0.15, 0.2) is 0 Å². The number of nitrogens with zero attached hydrogens (tertiary/aromatic N) is 1. The first-order valence-corrected chi connectivity index (χ1v) is 8.15. The van der Waals surface area contributed by atoms with E-state index in [1.165, 1.54) is 5.56 Å². The van der Waals surface area contributed by atoms with E-state index in [0.29, 0.717) is 25.0 Å².